The van der Waals surface area contributed by atoms with Crippen LogP contribution in [0.3, 0.4) is 0 Å². The molecule has 0 aromatic heterocycles. The first-order valence-electron chi connectivity index (χ1n) is 23.0. The number of carbonyl (C=O) groups is 2. The first kappa shape index (κ1) is 53.0. The van der Waals surface area contributed by atoms with Gasteiger partial charge in [0, 0.05) is 19.4 Å². The number of esters is 2. The predicted molar refractivity (Wildman–Crippen MR) is 225 cm³/mol. The molecule has 10 heteroatoms. The van der Waals surface area contributed by atoms with Gasteiger partial charge in [-0.15, -0.1) is 0 Å². The molecule has 0 saturated heterocycles. The van der Waals surface area contributed by atoms with Crippen molar-refractivity contribution in [1.29, 1.82) is 0 Å². The summed E-state index contributed by atoms with van der Waals surface area (Å²) in [5, 5.41) is 0. The first-order valence-corrected chi connectivity index (χ1v) is 24.5. The minimum Gasteiger partial charge on any atom is -0.462 e. The lowest BCUT2D eigenvalue weighted by atomic mass is 10.0. The fraction of sp³-hybridized carbons (Fsp3) is 0.955. The normalized spacial score (nSPS) is 13.2. The molecule has 9 nitrogen and oxygen atoms in total. The van der Waals surface area contributed by atoms with Gasteiger partial charge >= 0.3 is 19.8 Å². The summed E-state index contributed by atoms with van der Waals surface area (Å²) >= 11 is 0. The minimum absolute atomic E-state index is 0.0582. The van der Waals surface area contributed by atoms with Crippen molar-refractivity contribution in [3.63, 3.8) is 0 Å². The van der Waals surface area contributed by atoms with Crippen LogP contribution < -0.4 is 5.73 Å². The van der Waals surface area contributed by atoms with Crippen LogP contribution in [0.25, 0.3) is 0 Å². The SMILES string of the molecule is CCCCCCCCCCCCCCCCCCCCC(=O)OC(COC(=O)CCCCCCCCCCCCCCCCC)COP(=O)(O)OCCN. The van der Waals surface area contributed by atoms with Crippen LogP contribution in [0.15, 0.2) is 0 Å². The molecule has 0 saturated carbocycles. The van der Waals surface area contributed by atoms with Crippen molar-refractivity contribution in [3.8, 4) is 0 Å². The zero-order valence-electron chi connectivity index (χ0n) is 35.5. The number of phosphoric ester groups is 1. The first-order chi connectivity index (χ1) is 26.3. The van der Waals surface area contributed by atoms with Gasteiger partial charge in [0.2, 0.25) is 0 Å². The maximum atomic E-state index is 12.6. The Labute approximate surface area is 333 Å². The predicted octanol–water partition coefficient (Wildman–Crippen LogP) is 13.2. The number of ether oxygens (including phenoxy) is 2. The average molecular weight is 790 g/mol. The minimum atomic E-state index is -4.37. The molecule has 0 heterocycles. The summed E-state index contributed by atoms with van der Waals surface area (Å²) in [5.41, 5.74) is 5.35. The number of hydrogen-bond donors (Lipinski definition) is 2. The number of nitrogens with two attached hydrogens (primary N) is 1. The van der Waals surface area contributed by atoms with E-state index in [0.717, 1.165) is 32.1 Å². The maximum Gasteiger partial charge on any atom is 0.472 e. The Hall–Kier alpha value is -0.990. The standard InChI is InChI=1S/C44H88NO8P/c1-3-5-7-9-11-13-15-17-19-20-21-23-25-27-29-31-33-35-37-44(47)53-42(41-52-54(48,49)51-39-38-45)40-50-43(46)36-34-32-30-28-26-24-22-18-16-14-12-10-8-6-4-2/h42H,3-41,45H2,1-2H3,(H,48,49). The van der Waals surface area contributed by atoms with E-state index in [1.807, 2.05) is 0 Å². The van der Waals surface area contributed by atoms with Gasteiger partial charge in [0.25, 0.3) is 0 Å². The van der Waals surface area contributed by atoms with E-state index in [-0.39, 0.29) is 38.6 Å². The zero-order chi connectivity index (χ0) is 39.6. The fourth-order valence-corrected chi connectivity index (χ4v) is 7.58. The fourth-order valence-electron chi connectivity index (χ4n) is 6.81. The van der Waals surface area contributed by atoms with Crippen molar-refractivity contribution >= 4 is 19.8 Å². The molecule has 54 heavy (non-hydrogen) atoms. The smallest absolute Gasteiger partial charge is 0.462 e. The van der Waals surface area contributed by atoms with Crippen LogP contribution in [-0.4, -0.2) is 49.3 Å². The molecule has 0 radical (unpaired) electrons. The van der Waals surface area contributed by atoms with Gasteiger partial charge in [-0.1, -0.05) is 213 Å². The molecule has 2 atom stereocenters. The van der Waals surface area contributed by atoms with E-state index in [1.165, 1.54) is 173 Å². The highest BCUT2D eigenvalue weighted by molar-refractivity contribution is 7.47. The molecule has 0 aromatic rings. The van der Waals surface area contributed by atoms with Gasteiger partial charge < -0.3 is 20.1 Å². The van der Waals surface area contributed by atoms with Crippen molar-refractivity contribution in [3.05, 3.63) is 0 Å². The van der Waals surface area contributed by atoms with Crippen LogP contribution in [0.1, 0.15) is 239 Å². The second kappa shape index (κ2) is 41.6. The maximum absolute atomic E-state index is 12.6. The summed E-state index contributed by atoms with van der Waals surface area (Å²) in [6, 6.07) is 0. The second-order valence-corrected chi connectivity index (χ2v) is 17.1. The third-order valence-electron chi connectivity index (χ3n) is 10.2. The summed E-state index contributed by atoms with van der Waals surface area (Å²) in [6.07, 6.45) is 41.3. The number of unbranched alkanes of at least 4 members (excludes halogenated alkanes) is 31. The molecular formula is C44H88NO8P. The van der Waals surface area contributed by atoms with Gasteiger partial charge in [0.1, 0.15) is 6.61 Å². The summed E-state index contributed by atoms with van der Waals surface area (Å²) in [6.45, 7) is 3.78. The third-order valence-corrected chi connectivity index (χ3v) is 11.2. The lowest BCUT2D eigenvalue weighted by Crippen LogP contribution is -2.29. The van der Waals surface area contributed by atoms with Crippen molar-refractivity contribution in [1.82, 2.24) is 0 Å². The van der Waals surface area contributed by atoms with Crippen molar-refractivity contribution < 1.29 is 37.6 Å². The van der Waals surface area contributed by atoms with Gasteiger partial charge in [0.05, 0.1) is 13.2 Å². The molecule has 322 valence electrons. The molecular weight excluding hydrogens is 701 g/mol. The third kappa shape index (κ3) is 40.7. The Morgan fingerprint density at radius 1 is 0.481 bits per heavy atom. The van der Waals surface area contributed by atoms with E-state index in [9.17, 15) is 19.0 Å². The van der Waals surface area contributed by atoms with E-state index in [0.29, 0.717) is 6.42 Å². The van der Waals surface area contributed by atoms with Crippen LogP contribution >= 0.6 is 7.82 Å². The molecule has 0 rings (SSSR count). The molecule has 0 fully saturated rings. The molecule has 3 N–H and O–H groups in total. The van der Waals surface area contributed by atoms with Gasteiger partial charge in [0.15, 0.2) is 6.10 Å². The molecule has 0 aliphatic rings. The Balaban J connectivity index is 4.06. The Kier molecular flexibility index (Phi) is 40.9. The quantitative estimate of drug-likeness (QED) is 0.0351. The number of hydrogen-bond acceptors (Lipinski definition) is 8. The average Bonchev–Trinajstić information content (AvgIpc) is 3.16. The van der Waals surface area contributed by atoms with Crippen LogP contribution in [0, 0.1) is 0 Å². The highest BCUT2D eigenvalue weighted by Crippen LogP contribution is 2.43. The van der Waals surface area contributed by atoms with Crippen molar-refractivity contribution in [2.24, 2.45) is 5.73 Å². The van der Waals surface area contributed by atoms with Gasteiger partial charge in [-0.3, -0.25) is 18.6 Å². The molecule has 0 amide bonds. The summed E-state index contributed by atoms with van der Waals surface area (Å²) in [4.78, 5) is 34.9. The van der Waals surface area contributed by atoms with E-state index in [1.54, 1.807) is 0 Å². The van der Waals surface area contributed by atoms with E-state index in [2.05, 4.69) is 13.8 Å². The zero-order valence-corrected chi connectivity index (χ0v) is 36.4. The van der Waals surface area contributed by atoms with Gasteiger partial charge in [-0.05, 0) is 12.8 Å². The lowest BCUT2D eigenvalue weighted by Gasteiger charge is -2.19. The van der Waals surface area contributed by atoms with E-state index in [4.69, 9.17) is 24.3 Å². The highest BCUT2D eigenvalue weighted by Gasteiger charge is 2.26. The van der Waals surface area contributed by atoms with Crippen LogP contribution in [0.4, 0.5) is 0 Å². The van der Waals surface area contributed by atoms with Gasteiger partial charge in [-0.25, -0.2) is 4.57 Å². The molecule has 0 aliphatic heterocycles. The topological polar surface area (TPSA) is 134 Å². The molecule has 2 unspecified atom stereocenters. The van der Waals surface area contributed by atoms with Crippen LogP contribution in [0.2, 0.25) is 0 Å². The number of rotatable bonds is 44. The summed E-state index contributed by atoms with van der Waals surface area (Å²) in [7, 11) is -4.37. The van der Waals surface area contributed by atoms with Crippen molar-refractivity contribution in [2.75, 3.05) is 26.4 Å². The Morgan fingerprint density at radius 2 is 0.796 bits per heavy atom. The molecule has 0 spiro atoms. The van der Waals surface area contributed by atoms with Crippen LogP contribution in [0.5, 0.6) is 0 Å². The monoisotopic (exact) mass is 790 g/mol. The molecule has 0 aromatic carbocycles. The van der Waals surface area contributed by atoms with Crippen molar-refractivity contribution in [2.45, 2.75) is 245 Å². The highest BCUT2D eigenvalue weighted by atomic mass is 31.2. The van der Waals surface area contributed by atoms with Gasteiger partial charge in [-0.2, -0.15) is 0 Å². The Bertz CT molecular complexity index is 860. The van der Waals surface area contributed by atoms with E-state index < -0.39 is 26.5 Å². The summed E-state index contributed by atoms with van der Waals surface area (Å²) in [5.74, 6) is -0.810. The Morgan fingerprint density at radius 3 is 1.13 bits per heavy atom. The second-order valence-electron chi connectivity index (χ2n) is 15.6. The van der Waals surface area contributed by atoms with Crippen LogP contribution in [-0.2, 0) is 32.7 Å². The van der Waals surface area contributed by atoms with E-state index >= 15 is 0 Å². The number of carbonyl (C=O) groups excluding carboxylic acids is 2. The lowest BCUT2D eigenvalue weighted by molar-refractivity contribution is -0.161. The molecule has 0 bridgehead atoms. The largest absolute Gasteiger partial charge is 0.472 e. The summed E-state index contributed by atoms with van der Waals surface area (Å²) < 4.78 is 32.8. The molecule has 0 aliphatic carbocycles. The number of phosphoric acid groups is 1.